The quantitative estimate of drug-likeness (QED) is 0.0836. The highest BCUT2D eigenvalue weighted by Gasteiger charge is 2.52. The number of aliphatic hydroxyl groups excluding tert-OH is 4. The zero-order chi connectivity index (χ0) is 32.9. The van der Waals surface area contributed by atoms with E-state index >= 15 is 0 Å². The van der Waals surface area contributed by atoms with Crippen molar-refractivity contribution in [3.8, 4) is 0 Å². The number of hydrogen-bond donors (Lipinski definition) is 12. The molecule has 3 fully saturated rings. The molecule has 17 heteroatoms. The van der Waals surface area contributed by atoms with Crippen LogP contribution in [0.25, 0.3) is 0 Å². The van der Waals surface area contributed by atoms with E-state index in [-0.39, 0.29) is 18.9 Å². The van der Waals surface area contributed by atoms with E-state index in [1.54, 1.807) is 7.05 Å². The smallest absolute Gasteiger partial charge is 0.249 e. The molecule has 45 heavy (non-hydrogen) atoms. The standard InChI is InChI=1S/C28H53N7O10/c1-28(41)12-42-27(21(39)24(28)32-2)45-23-18(35-25(40)19(37)13-8-33-9-13)7-17(31)22(20(23)38)44-26-16(30)4-3-15(43-26)11-34-10-14(36)5-6-29/h3,13-14,16-24,26-27,32-34,36-39,41H,4-12,29-31H2,1-2H3,(H,35,40)/t14?,16-,17+,18-,19?,20+,21-,22-,23+,24-,26-,27-,28+/m1/s1. The van der Waals surface area contributed by atoms with E-state index in [0.29, 0.717) is 51.3 Å². The molecule has 0 aromatic rings. The van der Waals surface area contributed by atoms with Crippen LogP contribution >= 0.6 is 0 Å². The van der Waals surface area contributed by atoms with Gasteiger partial charge >= 0.3 is 0 Å². The van der Waals surface area contributed by atoms with E-state index in [9.17, 15) is 30.3 Å². The van der Waals surface area contributed by atoms with E-state index in [1.165, 1.54) is 6.92 Å². The summed E-state index contributed by atoms with van der Waals surface area (Å²) >= 11 is 0. The Labute approximate surface area is 263 Å². The predicted octanol–water partition coefficient (Wildman–Crippen LogP) is -5.77. The summed E-state index contributed by atoms with van der Waals surface area (Å²) < 4.78 is 24.0. The van der Waals surface area contributed by atoms with Gasteiger partial charge in [0, 0.05) is 31.6 Å². The van der Waals surface area contributed by atoms with Crippen molar-refractivity contribution in [1.82, 2.24) is 21.3 Å². The van der Waals surface area contributed by atoms with Gasteiger partial charge in [0.2, 0.25) is 12.2 Å². The number of rotatable bonds is 14. The first-order valence-corrected chi connectivity index (χ1v) is 15.7. The number of carbonyl (C=O) groups excluding carboxylic acids is 1. The lowest BCUT2D eigenvalue weighted by Gasteiger charge is -2.49. The Morgan fingerprint density at radius 3 is 2.51 bits per heavy atom. The predicted molar refractivity (Wildman–Crippen MR) is 160 cm³/mol. The SMILES string of the molecule is CN[C@@H]1[C@@H](O)[C@@H](O[C@@H]2[C@@H](O)[C@H](O[C@H]3OC(CNCC(O)CCN)=CC[C@H]3N)[C@@H](N)C[C@H]2NC(=O)C(O)C2CNC2)OC[C@]1(C)O. The molecular weight excluding hydrogens is 594 g/mol. The number of carbonyl (C=O) groups is 1. The molecule has 0 aromatic heterocycles. The van der Waals surface area contributed by atoms with Crippen LogP contribution in [0, 0.1) is 5.92 Å². The third-order valence-corrected chi connectivity index (χ3v) is 9.01. The minimum absolute atomic E-state index is 0.0784. The number of nitrogens with one attached hydrogen (secondary N) is 4. The van der Waals surface area contributed by atoms with Crippen LogP contribution in [-0.4, -0.2) is 157 Å². The number of amides is 1. The lowest BCUT2D eigenvalue weighted by Crippen LogP contribution is -2.69. The number of likely N-dealkylation sites (N-methyl/N-ethyl adjacent to an activating group) is 1. The summed E-state index contributed by atoms with van der Waals surface area (Å²) in [4.78, 5) is 13.0. The van der Waals surface area contributed by atoms with Crippen molar-refractivity contribution in [3.63, 3.8) is 0 Å². The Kier molecular flexibility index (Phi) is 12.9. The number of hydrogen-bond acceptors (Lipinski definition) is 16. The van der Waals surface area contributed by atoms with Crippen LogP contribution in [0.15, 0.2) is 11.8 Å². The summed E-state index contributed by atoms with van der Waals surface area (Å²) in [5, 5.41) is 65.6. The van der Waals surface area contributed by atoms with Gasteiger partial charge in [-0.3, -0.25) is 4.79 Å². The molecule has 17 nitrogen and oxygen atoms in total. The maximum atomic E-state index is 13.0. The Balaban J connectivity index is 1.46. The molecule has 1 saturated carbocycles. The molecule has 13 atom stereocenters. The van der Waals surface area contributed by atoms with Crippen molar-refractivity contribution in [1.29, 1.82) is 0 Å². The summed E-state index contributed by atoms with van der Waals surface area (Å²) in [5.41, 5.74) is 16.9. The minimum atomic E-state index is -1.46. The maximum absolute atomic E-state index is 13.0. The van der Waals surface area contributed by atoms with Crippen LogP contribution in [0.2, 0.25) is 0 Å². The van der Waals surface area contributed by atoms with Crippen LogP contribution in [-0.2, 0) is 23.7 Å². The molecule has 1 aliphatic carbocycles. The zero-order valence-corrected chi connectivity index (χ0v) is 26.0. The molecule has 2 saturated heterocycles. The van der Waals surface area contributed by atoms with Gasteiger partial charge in [-0.2, -0.15) is 0 Å². The fraction of sp³-hybridized carbons (Fsp3) is 0.893. The zero-order valence-electron chi connectivity index (χ0n) is 26.0. The third kappa shape index (κ3) is 8.88. The summed E-state index contributed by atoms with van der Waals surface area (Å²) in [5.74, 6) is -0.353. The Morgan fingerprint density at radius 1 is 1.16 bits per heavy atom. The summed E-state index contributed by atoms with van der Waals surface area (Å²) in [7, 11) is 1.58. The van der Waals surface area contributed by atoms with Gasteiger partial charge in [0.05, 0.1) is 37.4 Å². The van der Waals surface area contributed by atoms with Gasteiger partial charge in [-0.15, -0.1) is 0 Å². The summed E-state index contributed by atoms with van der Waals surface area (Å²) in [6.45, 7) is 3.31. The molecule has 0 bridgehead atoms. The first kappa shape index (κ1) is 36.3. The van der Waals surface area contributed by atoms with Gasteiger partial charge in [0.1, 0.15) is 41.9 Å². The first-order chi connectivity index (χ1) is 21.4. The van der Waals surface area contributed by atoms with Crippen molar-refractivity contribution in [2.45, 2.75) is 105 Å². The van der Waals surface area contributed by atoms with E-state index in [1.807, 2.05) is 6.08 Å². The topological polar surface area (TPSA) is 281 Å². The van der Waals surface area contributed by atoms with E-state index in [2.05, 4.69) is 21.3 Å². The lowest BCUT2D eigenvalue weighted by atomic mass is 9.83. The third-order valence-electron chi connectivity index (χ3n) is 9.01. The molecular formula is C28H53N7O10. The molecule has 0 spiro atoms. The molecule has 3 aliphatic heterocycles. The maximum Gasteiger partial charge on any atom is 0.249 e. The van der Waals surface area contributed by atoms with Gasteiger partial charge in [0.15, 0.2) is 6.29 Å². The van der Waals surface area contributed by atoms with Gasteiger partial charge in [-0.1, -0.05) is 0 Å². The highest BCUT2D eigenvalue weighted by Crippen LogP contribution is 2.32. The van der Waals surface area contributed by atoms with Gasteiger partial charge in [-0.25, -0.2) is 0 Å². The Morgan fingerprint density at radius 2 is 1.87 bits per heavy atom. The van der Waals surface area contributed by atoms with Crippen LogP contribution in [0.4, 0.5) is 0 Å². The Hall–Kier alpha value is -1.55. The minimum Gasteiger partial charge on any atom is -0.467 e. The monoisotopic (exact) mass is 647 g/mol. The molecule has 0 radical (unpaired) electrons. The number of ether oxygens (including phenoxy) is 4. The fourth-order valence-electron chi connectivity index (χ4n) is 6.19. The van der Waals surface area contributed by atoms with Gasteiger partial charge in [0.25, 0.3) is 0 Å². The molecule has 0 aromatic carbocycles. The van der Waals surface area contributed by atoms with Crippen molar-refractivity contribution < 1.29 is 49.3 Å². The van der Waals surface area contributed by atoms with E-state index in [0.717, 1.165) is 0 Å². The fourth-order valence-corrected chi connectivity index (χ4v) is 6.19. The van der Waals surface area contributed by atoms with Crippen molar-refractivity contribution in [2.24, 2.45) is 23.1 Å². The van der Waals surface area contributed by atoms with Crippen LogP contribution < -0.4 is 38.5 Å². The van der Waals surface area contributed by atoms with Crippen LogP contribution in [0.5, 0.6) is 0 Å². The van der Waals surface area contributed by atoms with E-state index in [4.69, 9.17) is 36.1 Å². The second-order valence-electron chi connectivity index (χ2n) is 12.8. The molecule has 4 rings (SSSR count). The van der Waals surface area contributed by atoms with Crippen molar-refractivity contribution >= 4 is 5.91 Å². The van der Waals surface area contributed by atoms with E-state index < -0.39 is 84.9 Å². The average molecular weight is 648 g/mol. The highest BCUT2D eigenvalue weighted by atomic mass is 16.7. The Bertz CT molecular complexity index is 991. The van der Waals surface area contributed by atoms with Crippen LogP contribution in [0.3, 0.4) is 0 Å². The van der Waals surface area contributed by atoms with Crippen molar-refractivity contribution in [2.75, 3.05) is 46.4 Å². The number of nitrogens with two attached hydrogens (primary N) is 3. The second kappa shape index (κ2) is 16.0. The molecule has 260 valence electrons. The summed E-state index contributed by atoms with van der Waals surface area (Å²) in [6.07, 6.45) is -6.44. The average Bonchev–Trinajstić information content (AvgIpc) is 2.95. The molecule has 3 heterocycles. The number of aliphatic hydroxyl groups is 5. The first-order valence-electron chi connectivity index (χ1n) is 15.7. The molecule has 1 amide bonds. The highest BCUT2D eigenvalue weighted by molar-refractivity contribution is 5.81. The summed E-state index contributed by atoms with van der Waals surface area (Å²) in [6, 6.07) is -3.11. The molecule has 15 N–H and O–H groups in total. The van der Waals surface area contributed by atoms with Crippen LogP contribution in [0.1, 0.15) is 26.2 Å². The normalized spacial score (nSPS) is 40.5. The second-order valence-corrected chi connectivity index (χ2v) is 12.8. The van der Waals surface area contributed by atoms with Crippen molar-refractivity contribution in [3.05, 3.63) is 11.8 Å². The van der Waals surface area contributed by atoms with Gasteiger partial charge in [-0.05, 0) is 45.9 Å². The molecule has 2 unspecified atom stereocenters. The largest absolute Gasteiger partial charge is 0.467 e. The lowest BCUT2D eigenvalue weighted by molar-refractivity contribution is -0.304. The molecule has 4 aliphatic rings. The van der Waals surface area contributed by atoms with Gasteiger partial charge < -0.3 is 82.9 Å².